The van der Waals surface area contributed by atoms with Gasteiger partial charge in [0.25, 0.3) is 0 Å². The zero-order valence-corrected chi connectivity index (χ0v) is 23.3. The molecule has 0 aromatic heterocycles. The topological polar surface area (TPSA) is 72.5 Å². The Kier molecular flexibility index (Phi) is 14.5. The average Bonchev–Trinajstić information content (AvgIpc) is 2.73. The number of anilines is 1. The molecule has 34 heavy (non-hydrogen) atoms. The van der Waals surface area contributed by atoms with Crippen LogP contribution in [0.25, 0.3) is 0 Å². The van der Waals surface area contributed by atoms with Gasteiger partial charge in [-0.15, -0.1) is 0 Å². The van der Waals surface area contributed by atoms with Crippen molar-refractivity contribution in [1.29, 1.82) is 0 Å². The number of benzene rings is 1. The summed E-state index contributed by atoms with van der Waals surface area (Å²) in [6.45, 7) is 12.2. The summed E-state index contributed by atoms with van der Waals surface area (Å²) >= 11 is 0. The first-order valence-electron chi connectivity index (χ1n) is 13.4. The van der Waals surface area contributed by atoms with E-state index >= 15 is 0 Å². The van der Waals surface area contributed by atoms with Gasteiger partial charge in [0.1, 0.15) is 0 Å². The molecule has 0 heterocycles. The zero-order chi connectivity index (χ0) is 25.6. The number of unbranched alkanes of at least 4 members (excludes halogenated alkanes) is 9. The summed E-state index contributed by atoms with van der Waals surface area (Å²) in [6, 6.07) is 5.81. The maximum atomic E-state index is 12.8. The number of carbonyl (C=O) groups excluding carboxylic acids is 1. The molecule has 1 aromatic carbocycles. The molecule has 1 atom stereocenters. The van der Waals surface area contributed by atoms with Crippen LogP contribution in [0.1, 0.15) is 135 Å². The molecule has 0 fully saturated rings. The van der Waals surface area contributed by atoms with Crippen LogP contribution in [0.3, 0.4) is 0 Å². The van der Waals surface area contributed by atoms with E-state index in [0.717, 1.165) is 30.4 Å². The molecule has 196 valence electrons. The lowest BCUT2D eigenvalue weighted by molar-refractivity contribution is -0.145. The van der Waals surface area contributed by atoms with Crippen molar-refractivity contribution >= 4 is 21.7 Å². The fourth-order valence-corrected chi connectivity index (χ4v) is 5.25. The van der Waals surface area contributed by atoms with E-state index in [1.165, 1.54) is 51.4 Å². The minimum atomic E-state index is -3.86. The van der Waals surface area contributed by atoms with Gasteiger partial charge >= 0.3 is 5.97 Å². The number of para-hydroxylation sites is 1. The molecule has 0 saturated heterocycles. The number of nitrogens with one attached hydrogen (secondary N) is 1. The van der Waals surface area contributed by atoms with Gasteiger partial charge in [0, 0.05) is 0 Å². The Labute approximate surface area is 209 Å². The SMILES string of the molecule is CCCCCCCCCCCCC(C)OC(=O)CS(=O)(=O)Nc1c(C(C)C)cccc1C(C)C. The lowest BCUT2D eigenvalue weighted by atomic mass is 9.93. The van der Waals surface area contributed by atoms with Crippen LogP contribution in [0, 0.1) is 0 Å². The molecular formula is C28H49NO4S. The Hall–Kier alpha value is -1.56. The fraction of sp³-hybridized carbons (Fsp3) is 0.750. The van der Waals surface area contributed by atoms with Gasteiger partial charge in [0.15, 0.2) is 5.75 Å². The normalized spacial score (nSPS) is 12.8. The number of sulfonamides is 1. The van der Waals surface area contributed by atoms with Crippen molar-refractivity contribution in [2.24, 2.45) is 0 Å². The van der Waals surface area contributed by atoms with Crippen LogP contribution in [0.15, 0.2) is 18.2 Å². The summed E-state index contributed by atoms with van der Waals surface area (Å²) in [5.41, 5.74) is 2.45. The number of hydrogen-bond donors (Lipinski definition) is 1. The van der Waals surface area contributed by atoms with E-state index < -0.39 is 21.7 Å². The molecule has 1 unspecified atom stereocenters. The molecule has 6 heteroatoms. The smallest absolute Gasteiger partial charge is 0.323 e. The first kappa shape index (κ1) is 30.5. The summed E-state index contributed by atoms with van der Waals surface area (Å²) in [5, 5.41) is 0. The number of rotatable bonds is 18. The average molecular weight is 496 g/mol. The van der Waals surface area contributed by atoms with Gasteiger partial charge in [-0.3, -0.25) is 9.52 Å². The lowest BCUT2D eigenvalue weighted by Gasteiger charge is -2.21. The number of hydrogen-bond acceptors (Lipinski definition) is 4. The third-order valence-corrected chi connectivity index (χ3v) is 7.37. The molecule has 0 saturated carbocycles. The number of esters is 1. The van der Waals surface area contributed by atoms with Crippen molar-refractivity contribution in [3.05, 3.63) is 29.3 Å². The second-order valence-corrected chi connectivity index (χ2v) is 12.0. The highest BCUT2D eigenvalue weighted by Gasteiger charge is 2.23. The van der Waals surface area contributed by atoms with Crippen LogP contribution < -0.4 is 4.72 Å². The molecule has 1 N–H and O–H groups in total. The summed E-state index contributed by atoms with van der Waals surface area (Å²) in [4.78, 5) is 12.3. The molecule has 1 aromatic rings. The van der Waals surface area contributed by atoms with Crippen LogP contribution in [-0.4, -0.2) is 26.2 Å². The Morgan fingerprint density at radius 2 is 1.29 bits per heavy atom. The third-order valence-electron chi connectivity index (χ3n) is 6.24. The monoisotopic (exact) mass is 495 g/mol. The first-order chi connectivity index (χ1) is 16.1. The van der Waals surface area contributed by atoms with Gasteiger partial charge in [-0.25, -0.2) is 8.42 Å². The minimum Gasteiger partial charge on any atom is -0.462 e. The predicted octanol–water partition coefficient (Wildman–Crippen LogP) is 7.92. The fourth-order valence-electron chi connectivity index (χ4n) is 4.25. The predicted molar refractivity (Wildman–Crippen MR) is 144 cm³/mol. The maximum absolute atomic E-state index is 12.8. The highest BCUT2D eigenvalue weighted by atomic mass is 32.2. The highest BCUT2D eigenvalue weighted by Crippen LogP contribution is 2.33. The molecule has 0 radical (unpaired) electrons. The van der Waals surface area contributed by atoms with Crippen molar-refractivity contribution in [2.45, 2.75) is 130 Å². The van der Waals surface area contributed by atoms with E-state index in [0.29, 0.717) is 5.69 Å². The Balaban J connectivity index is 2.43. The van der Waals surface area contributed by atoms with E-state index in [4.69, 9.17) is 4.74 Å². The third kappa shape index (κ3) is 12.2. The van der Waals surface area contributed by atoms with Gasteiger partial charge in [0.05, 0.1) is 11.8 Å². The molecule has 1 rings (SSSR count). The summed E-state index contributed by atoms with van der Waals surface area (Å²) in [7, 11) is -3.86. The Morgan fingerprint density at radius 1 is 0.824 bits per heavy atom. The molecule has 0 spiro atoms. The maximum Gasteiger partial charge on any atom is 0.323 e. The van der Waals surface area contributed by atoms with Crippen LogP contribution in [-0.2, 0) is 19.6 Å². The van der Waals surface area contributed by atoms with E-state index in [1.54, 1.807) is 0 Å². The van der Waals surface area contributed by atoms with Crippen molar-refractivity contribution in [2.75, 3.05) is 10.5 Å². The van der Waals surface area contributed by atoms with Crippen LogP contribution in [0.4, 0.5) is 5.69 Å². The van der Waals surface area contributed by atoms with Crippen molar-refractivity contribution < 1.29 is 17.9 Å². The Bertz CT molecular complexity index is 791. The van der Waals surface area contributed by atoms with E-state index in [9.17, 15) is 13.2 Å². The molecule has 0 amide bonds. The van der Waals surface area contributed by atoms with Crippen LogP contribution in [0.5, 0.6) is 0 Å². The zero-order valence-electron chi connectivity index (χ0n) is 22.5. The summed E-state index contributed by atoms with van der Waals surface area (Å²) in [5.74, 6) is -1.05. The molecule has 0 aliphatic rings. The highest BCUT2D eigenvalue weighted by molar-refractivity contribution is 7.93. The quantitative estimate of drug-likeness (QED) is 0.166. The molecule has 5 nitrogen and oxygen atoms in total. The van der Waals surface area contributed by atoms with Gasteiger partial charge < -0.3 is 4.74 Å². The molecule has 0 aliphatic heterocycles. The largest absolute Gasteiger partial charge is 0.462 e. The van der Waals surface area contributed by atoms with E-state index in [-0.39, 0.29) is 17.9 Å². The van der Waals surface area contributed by atoms with Gasteiger partial charge in [-0.2, -0.15) is 0 Å². The van der Waals surface area contributed by atoms with Gasteiger partial charge in [-0.1, -0.05) is 111 Å². The molecule has 0 aliphatic carbocycles. The van der Waals surface area contributed by atoms with Crippen molar-refractivity contribution in [3.8, 4) is 0 Å². The second kappa shape index (κ2) is 16.2. The molecule has 0 bridgehead atoms. The van der Waals surface area contributed by atoms with E-state index in [2.05, 4.69) is 11.6 Å². The van der Waals surface area contributed by atoms with Crippen LogP contribution >= 0.6 is 0 Å². The molecular weight excluding hydrogens is 446 g/mol. The van der Waals surface area contributed by atoms with E-state index in [1.807, 2.05) is 52.8 Å². The first-order valence-corrected chi connectivity index (χ1v) is 15.0. The van der Waals surface area contributed by atoms with Crippen LogP contribution in [0.2, 0.25) is 0 Å². The number of ether oxygens (including phenoxy) is 1. The van der Waals surface area contributed by atoms with Gasteiger partial charge in [0.2, 0.25) is 10.0 Å². The van der Waals surface area contributed by atoms with Crippen molar-refractivity contribution in [3.63, 3.8) is 0 Å². The van der Waals surface area contributed by atoms with Crippen molar-refractivity contribution in [1.82, 2.24) is 0 Å². The van der Waals surface area contributed by atoms with Gasteiger partial charge in [-0.05, 0) is 42.7 Å². The Morgan fingerprint density at radius 3 is 1.76 bits per heavy atom. The number of carbonyl (C=O) groups is 1. The standard InChI is InChI=1S/C28H49NO4S/c1-7-8-9-10-11-12-13-14-15-16-18-24(6)33-27(30)21-34(31,32)29-28-25(22(2)3)19-17-20-26(28)23(4)5/h17,19-20,22-24,29H,7-16,18,21H2,1-6H3. The summed E-state index contributed by atoms with van der Waals surface area (Å²) in [6.07, 6.45) is 13.1. The minimum absolute atomic E-state index is 0.157. The second-order valence-electron chi connectivity index (χ2n) is 10.3. The lowest BCUT2D eigenvalue weighted by Crippen LogP contribution is -2.27. The summed E-state index contributed by atoms with van der Waals surface area (Å²) < 4.78 is 33.6.